The highest BCUT2D eigenvalue weighted by Gasteiger charge is 2.35. The van der Waals surface area contributed by atoms with Crippen LogP contribution in [0.25, 0.3) is 32.9 Å². The van der Waals surface area contributed by atoms with Crippen LogP contribution in [0.1, 0.15) is 109 Å². The van der Waals surface area contributed by atoms with Crippen molar-refractivity contribution in [2.24, 2.45) is 0 Å². The van der Waals surface area contributed by atoms with Crippen LogP contribution in [0.4, 0.5) is 19.0 Å². The molecule has 64 heavy (non-hydrogen) atoms. The number of piperazine rings is 1. The van der Waals surface area contributed by atoms with Gasteiger partial charge in [0, 0.05) is 61.3 Å². The number of nitrogens with zero attached hydrogens (tertiary/aromatic N) is 5. The Morgan fingerprint density at radius 1 is 0.953 bits per heavy atom. The smallest absolute Gasteiger partial charge is 0.318 e. The van der Waals surface area contributed by atoms with Crippen molar-refractivity contribution in [3.05, 3.63) is 47.7 Å². The largest absolute Gasteiger partial charge is 0.497 e. The zero-order valence-electron chi connectivity index (χ0n) is 37.5. The average molecular weight is 889 g/mol. The molecule has 6 heterocycles. The molecule has 15 heteroatoms. The van der Waals surface area contributed by atoms with E-state index in [0.29, 0.717) is 70.9 Å². The number of hydrogen-bond acceptors (Lipinski definition) is 12. The van der Waals surface area contributed by atoms with Gasteiger partial charge in [-0.15, -0.1) is 6.42 Å². The second-order valence-electron chi connectivity index (χ2n) is 17.0. The van der Waals surface area contributed by atoms with Crippen molar-refractivity contribution in [2.45, 2.75) is 128 Å². The van der Waals surface area contributed by atoms with Crippen LogP contribution >= 0.6 is 0 Å². The number of fused-ring (bicyclic) bond motifs is 5. The lowest BCUT2D eigenvalue weighted by atomic mass is 9.95. The Bertz CT molecular complexity index is 2200. The summed E-state index contributed by atoms with van der Waals surface area (Å²) in [6.45, 7) is 6.25. The molecule has 0 spiro atoms. The molecule has 12 nitrogen and oxygen atoms in total. The van der Waals surface area contributed by atoms with Gasteiger partial charge in [0.25, 0.3) is 6.47 Å². The van der Waals surface area contributed by atoms with Crippen molar-refractivity contribution in [1.82, 2.24) is 25.2 Å². The van der Waals surface area contributed by atoms with Gasteiger partial charge >= 0.3 is 12.0 Å². The molecular formula is C49H63F3N6O6. The van der Waals surface area contributed by atoms with Gasteiger partial charge in [-0.1, -0.05) is 70.3 Å². The van der Waals surface area contributed by atoms with Crippen molar-refractivity contribution >= 4 is 39.9 Å². The van der Waals surface area contributed by atoms with Gasteiger partial charge in [-0.05, 0) is 68.7 Å². The molecule has 4 atom stereocenters. The minimum Gasteiger partial charge on any atom is -0.497 e. The standard InChI is InChI=1S/C27H23F2N5O2.C15H28O4.C7H12FN/c1-4-18-21(28)8-5-14-9-17(35-2)10-19(22(14)18)24-23(29)25-20(11-30-24)26(33-27(32-25)36-3)34-12-15-6-7-16(13-34)31-15;1-2-3-4-5-6-7-8-9-10-11-15(17)19-13-12-18-14-16;8-6-4-7-2-1-3-9(7)5-6/h1,5,8-11,15-16,31H,6-7,12-13H2,2-3H3;14H,2-13H2,1H3;6-7H,1-5H2/t;;6-,7?/m..1/s1. The minimum atomic E-state index is -0.672. The summed E-state index contributed by atoms with van der Waals surface area (Å²) in [5, 5.41) is 5.05. The molecule has 4 aliphatic rings. The summed E-state index contributed by atoms with van der Waals surface area (Å²) in [6, 6.07) is 7.58. The van der Waals surface area contributed by atoms with E-state index in [1.807, 2.05) is 0 Å². The van der Waals surface area contributed by atoms with E-state index < -0.39 is 17.8 Å². The molecule has 0 aliphatic carbocycles. The molecule has 4 aliphatic heterocycles. The molecule has 0 saturated carbocycles. The Morgan fingerprint density at radius 2 is 1.69 bits per heavy atom. The van der Waals surface area contributed by atoms with E-state index in [2.05, 4.69) is 47.6 Å². The molecule has 3 unspecified atom stereocenters. The average Bonchev–Trinajstić information content (AvgIpc) is 4.00. The van der Waals surface area contributed by atoms with Crippen molar-refractivity contribution in [3.8, 4) is 35.4 Å². The number of pyridine rings is 1. The van der Waals surface area contributed by atoms with Gasteiger partial charge in [-0.2, -0.15) is 9.97 Å². The van der Waals surface area contributed by atoms with Crippen molar-refractivity contribution in [1.29, 1.82) is 0 Å². The summed E-state index contributed by atoms with van der Waals surface area (Å²) in [4.78, 5) is 38.9. The summed E-state index contributed by atoms with van der Waals surface area (Å²) in [5.74, 6) is 2.01. The number of hydrogen-bond donors (Lipinski definition) is 1. The third kappa shape index (κ3) is 12.5. The lowest BCUT2D eigenvalue weighted by Gasteiger charge is -2.34. The molecule has 1 N–H and O–H groups in total. The Kier molecular flexibility index (Phi) is 18.2. The fourth-order valence-corrected chi connectivity index (χ4v) is 9.30. The van der Waals surface area contributed by atoms with E-state index in [0.717, 1.165) is 51.7 Å². The highest BCUT2D eigenvalue weighted by atomic mass is 19.1. The summed E-state index contributed by atoms with van der Waals surface area (Å²) in [6.07, 6.45) is 23.8. The monoisotopic (exact) mass is 888 g/mol. The Labute approximate surface area is 375 Å². The summed E-state index contributed by atoms with van der Waals surface area (Å²) in [7, 11) is 2.95. The third-order valence-corrected chi connectivity index (χ3v) is 12.5. The van der Waals surface area contributed by atoms with Crippen LogP contribution in [0.2, 0.25) is 0 Å². The van der Waals surface area contributed by atoms with Crippen LogP contribution in [-0.4, -0.2) is 110 Å². The highest BCUT2D eigenvalue weighted by Crippen LogP contribution is 2.39. The van der Waals surface area contributed by atoms with Crippen LogP contribution in [0, 0.1) is 24.0 Å². The first-order valence-electron chi connectivity index (χ1n) is 22.9. The minimum absolute atomic E-state index is 0.0133. The van der Waals surface area contributed by atoms with Crippen LogP contribution in [0.5, 0.6) is 11.8 Å². The number of alkyl halides is 1. The van der Waals surface area contributed by atoms with Crippen LogP contribution in [-0.2, 0) is 19.1 Å². The number of anilines is 1. The lowest BCUT2D eigenvalue weighted by Crippen LogP contribution is -2.51. The number of unbranched alkanes of at least 4 members (excludes halogenated alkanes) is 8. The SMILES string of the molecule is C#Cc1c(F)ccc2cc(OC)cc(-c3ncc4c(N5CC6CCC(C5)N6)nc(OC)nc4c3F)c12.CCCCCCCCCCCC(=O)OCCOC=O.F[C@@H]1CC2CCCN2C1. The Balaban J connectivity index is 0.000000202. The second-order valence-corrected chi connectivity index (χ2v) is 17.0. The fourth-order valence-electron chi connectivity index (χ4n) is 9.30. The number of rotatable bonds is 18. The van der Waals surface area contributed by atoms with E-state index in [1.54, 1.807) is 24.4 Å². The molecular weight excluding hydrogens is 826 g/mol. The van der Waals surface area contributed by atoms with Gasteiger partial charge in [0.1, 0.15) is 48.0 Å². The third-order valence-electron chi connectivity index (χ3n) is 12.5. The van der Waals surface area contributed by atoms with E-state index in [9.17, 15) is 18.4 Å². The van der Waals surface area contributed by atoms with Crippen LogP contribution < -0.4 is 19.7 Å². The summed E-state index contributed by atoms with van der Waals surface area (Å²) in [5.41, 5.74) is 0.405. The van der Waals surface area contributed by atoms with Gasteiger partial charge in [0.15, 0.2) is 5.82 Å². The first kappa shape index (κ1) is 48.3. The number of benzene rings is 2. The quantitative estimate of drug-likeness (QED) is 0.0444. The van der Waals surface area contributed by atoms with E-state index >= 15 is 4.39 Å². The number of carbonyl (C=O) groups excluding carboxylic acids is 2. The Morgan fingerprint density at radius 3 is 2.36 bits per heavy atom. The maximum Gasteiger partial charge on any atom is 0.318 e. The molecule has 4 fully saturated rings. The number of ether oxygens (including phenoxy) is 4. The number of terminal acetylenes is 1. The molecule has 4 saturated heterocycles. The van der Waals surface area contributed by atoms with Gasteiger partial charge < -0.3 is 29.2 Å². The first-order valence-corrected chi connectivity index (χ1v) is 22.9. The number of halogens is 3. The zero-order valence-corrected chi connectivity index (χ0v) is 37.5. The Hall–Kier alpha value is -5.20. The summed E-state index contributed by atoms with van der Waals surface area (Å²) >= 11 is 0. The molecule has 2 aromatic heterocycles. The van der Waals surface area contributed by atoms with Gasteiger partial charge in [-0.3, -0.25) is 19.5 Å². The van der Waals surface area contributed by atoms with Crippen LogP contribution in [0.15, 0.2) is 30.5 Å². The van der Waals surface area contributed by atoms with E-state index in [4.69, 9.17) is 20.6 Å². The molecule has 0 radical (unpaired) electrons. The highest BCUT2D eigenvalue weighted by molar-refractivity contribution is 6.03. The van der Waals surface area contributed by atoms with E-state index in [-0.39, 0.29) is 42.0 Å². The number of aromatic nitrogens is 3. The fraction of sp³-hybridized carbons (Fsp3) is 0.571. The van der Waals surface area contributed by atoms with Crippen molar-refractivity contribution in [2.75, 3.05) is 58.5 Å². The zero-order chi connectivity index (χ0) is 45.4. The predicted octanol–water partition coefficient (Wildman–Crippen LogP) is 8.88. The molecule has 4 aromatic rings. The normalized spacial score (nSPS) is 19.9. The summed E-state index contributed by atoms with van der Waals surface area (Å²) < 4.78 is 63.6. The predicted molar refractivity (Wildman–Crippen MR) is 242 cm³/mol. The molecule has 346 valence electrons. The molecule has 0 amide bonds. The van der Waals surface area contributed by atoms with Gasteiger partial charge in [0.2, 0.25) is 0 Å². The lowest BCUT2D eigenvalue weighted by molar-refractivity contribution is -0.147. The number of carbonyl (C=O) groups is 2. The maximum absolute atomic E-state index is 16.3. The second kappa shape index (κ2) is 24.2. The number of methoxy groups -OCH3 is 2. The van der Waals surface area contributed by atoms with Gasteiger partial charge in [0.05, 0.1) is 25.2 Å². The van der Waals surface area contributed by atoms with Gasteiger partial charge in [-0.25, -0.2) is 13.2 Å². The molecule has 2 aromatic carbocycles. The van der Waals surface area contributed by atoms with Crippen molar-refractivity contribution < 1.29 is 41.7 Å². The number of nitrogens with one attached hydrogen (secondary N) is 1. The first-order chi connectivity index (χ1) is 31.2. The molecule has 8 rings (SSSR count). The molecule has 2 bridgehead atoms. The van der Waals surface area contributed by atoms with Crippen molar-refractivity contribution in [3.63, 3.8) is 0 Å². The number of esters is 1. The van der Waals surface area contributed by atoms with E-state index in [1.165, 1.54) is 78.1 Å². The topological polar surface area (TPSA) is 128 Å². The maximum atomic E-state index is 16.3. The van der Waals surface area contributed by atoms with Crippen LogP contribution in [0.3, 0.4) is 0 Å².